The molecule has 1 atom stereocenters. The lowest BCUT2D eigenvalue weighted by atomic mass is 10.2. The second-order valence-corrected chi connectivity index (χ2v) is 5.14. The largest absolute Gasteiger partial charge is 0.376 e. The number of hydrogen-bond acceptors (Lipinski definition) is 2. The topological polar surface area (TPSA) is 43.3 Å². The molecule has 1 aromatic heterocycles. The second-order valence-electron chi connectivity index (χ2n) is 5.14. The van der Waals surface area contributed by atoms with Gasteiger partial charge in [-0.05, 0) is 37.1 Å². The van der Waals surface area contributed by atoms with Gasteiger partial charge in [0.25, 0.3) is 5.91 Å². The van der Waals surface area contributed by atoms with E-state index in [0.717, 1.165) is 24.8 Å². The zero-order valence-electron chi connectivity index (χ0n) is 11.4. The molecule has 4 nitrogen and oxygen atoms in total. The maximum atomic E-state index is 13.2. The third-order valence-corrected chi connectivity index (χ3v) is 3.75. The van der Waals surface area contributed by atoms with Crippen LogP contribution >= 0.6 is 0 Å². The number of ether oxygens (including phenoxy) is 1. The molecular weight excluding hydrogens is 259 g/mol. The lowest BCUT2D eigenvalue weighted by Crippen LogP contribution is -2.32. The Morgan fingerprint density at radius 2 is 2.35 bits per heavy atom. The van der Waals surface area contributed by atoms with E-state index >= 15 is 0 Å². The van der Waals surface area contributed by atoms with Crippen molar-refractivity contribution in [2.75, 3.05) is 13.2 Å². The molecule has 0 spiro atoms. The van der Waals surface area contributed by atoms with E-state index in [1.807, 2.05) is 0 Å². The van der Waals surface area contributed by atoms with Crippen LogP contribution in [0.2, 0.25) is 0 Å². The maximum Gasteiger partial charge on any atom is 0.268 e. The second kappa shape index (κ2) is 5.25. The summed E-state index contributed by atoms with van der Waals surface area (Å²) in [6.45, 7) is 1.29. The molecule has 106 valence electrons. The summed E-state index contributed by atoms with van der Waals surface area (Å²) in [5.74, 6) is -0.454. The molecule has 0 saturated carbocycles. The lowest BCUT2D eigenvalue weighted by molar-refractivity contribution is 0.0851. The van der Waals surface area contributed by atoms with Crippen molar-refractivity contribution < 1.29 is 13.9 Å². The van der Waals surface area contributed by atoms with Crippen LogP contribution in [0.4, 0.5) is 4.39 Å². The first-order chi connectivity index (χ1) is 9.65. The number of halogens is 1. The normalized spacial score (nSPS) is 18.6. The third-order valence-electron chi connectivity index (χ3n) is 3.75. The highest BCUT2D eigenvalue weighted by atomic mass is 19.1. The van der Waals surface area contributed by atoms with Gasteiger partial charge in [0.05, 0.1) is 11.6 Å². The van der Waals surface area contributed by atoms with E-state index in [0.29, 0.717) is 17.8 Å². The highest BCUT2D eigenvalue weighted by molar-refractivity contribution is 5.98. The van der Waals surface area contributed by atoms with Crippen LogP contribution in [0.1, 0.15) is 23.3 Å². The molecule has 0 aliphatic carbocycles. The van der Waals surface area contributed by atoms with Crippen LogP contribution < -0.4 is 5.32 Å². The Labute approximate surface area is 116 Å². The van der Waals surface area contributed by atoms with Gasteiger partial charge >= 0.3 is 0 Å². The predicted molar refractivity (Wildman–Crippen MR) is 74.2 cm³/mol. The fourth-order valence-corrected chi connectivity index (χ4v) is 2.62. The molecule has 2 aromatic rings. The smallest absolute Gasteiger partial charge is 0.268 e. The Kier molecular flexibility index (Phi) is 3.44. The number of rotatable bonds is 3. The van der Waals surface area contributed by atoms with Crippen molar-refractivity contribution in [2.45, 2.75) is 18.9 Å². The van der Waals surface area contributed by atoms with Gasteiger partial charge in [-0.1, -0.05) is 0 Å². The summed E-state index contributed by atoms with van der Waals surface area (Å²) in [5, 5.41) is 3.74. The fourth-order valence-electron chi connectivity index (χ4n) is 2.62. The van der Waals surface area contributed by atoms with Crippen molar-refractivity contribution in [2.24, 2.45) is 7.05 Å². The van der Waals surface area contributed by atoms with Crippen LogP contribution in [0.3, 0.4) is 0 Å². The van der Waals surface area contributed by atoms with Crippen molar-refractivity contribution in [1.82, 2.24) is 9.88 Å². The SMILES string of the molecule is Cn1c(C(=O)NC[C@H]2CCCO2)cc2ccc(F)cc21. The molecule has 3 rings (SSSR count). The van der Waals surface area contributed by atoms with E-state index in [2.05, 4.69) is 5.32 Å². The van der Waals surface area contributed by atoms with Gasteiger partial charge in [-0.25, -0.2) is 4.39 Å². The van der Waals surface area contributed by atoms with Gasteiger partial charge in [-0.15, -0.1) is 0 Å². The van der Waals surface area contributed by atoms with Crippen LogP contribution in [0.5, 0.6) is 0 Å². The Morgan fingerprint density at radius 1 is 1.50 bits per heavy atom. The van der Waals surface area contributed by atoms with Gasteiger partial charge in [0, 0.05) is 25.6 Å². The van der Waals surface area contributed by atoms with E-state index in [1.54, 1.807) is 23.7 Å². The number of aromatic nitrogens is 1. The van der Waals surface area contributed by atoms with E-state index in [9.17, 15) is 9.18 Å². The quantitative estimate of drug-likeness (QED) is 0.934. The summed E-state index contributed by atoms with van der Waals surface area (Å²) in [7, 11) is 1.77. The van der Waals surface area contributed by atoms with E-state index < -0.39 is 0 Å². The van der Waals surface area contributed by atoms with Crippen molar-refractivity contribution >= 4 is 16.8 Å². The molecule has 5 heteroatoms. The molecule has 1 aliphatic rings. The summed E-state index contributed by atoms with van der Waals surface area (Å²) in [4.78, 5) is 12.2. The molecule has 0 bridgehead atoms. The van der Waals surface area contributed by atoms with Crippen LogP contribution in [0.25, 0.3) is 10.9 Å². The average molecular weight is 276 g/mol. The molecule has 1 aromatic carbocycles. The van der Waals surface area contributed by atoms with E-state index in [4.69, 9.17) is 4.74 Å². The van der Waals surface area contributed by atoms with Crippen molar-refractivity contribution in [1.29, 1.82) is 0 Å². The number of fused-ring (bicyclic) bond motifs is 1. The summed E-state index contributed by atoms with van der Waals surface area (Å²) in [6, 6.07) is 6.30. The molecule has 1 N–H and O–H groups in total. The molecule has 1 fully saturated rings. The molecule has 1 aliphatic heterocycles. The molecule has 1 saturated heterocycles. The number of nitrogens with zero attached hydrogens (tertiary/aromatic N) is 1. The standard InChI is InChI=1S/C15H17FN2O2/c1-18-13-8-11(16)5-4-10(13)7-14(18)15(19)17-9-12-3-2-6-20-12/h4-5,7-8,12H,2-3,6,9H2,1H3,(H,17,19)/t12-/m1/s1. The van der Waals surface area contributed by atoms with Gasteiger partial charge in [-0.2, -0.15) is 0 Å². The number of amides is 1. The fraction of sp³-hybridized carbons (Fsp3) is 0.400. The molecule has 0 radical (unpaired) electrons. The highest BCUT2D eigenvalue weighted by Gasteiger charge is 2.18. The number of aryl methyl sites for hydroxylation is 1. The Hall–Kier alpha value is -1.88. The van der Waals surface area contributed by atoms with E-state index in [-0.39, 0.29) is 17.8 Å². The van der Waals surface area contributed by atoms with Crippen molar-refractivity contribution in [3.8, 4) is 0 Å². The monoisotopic (exact) mass is 276 g/mol. The summed E-state index contributed by atoms with van der Waals surface area (Å²) < 4.78 is 20.4. The van der Waals surface area contributed by atoms with Crippen LogP contribution in [-0.4, -0.2) is 29.7 Å². The average Bonchev–Trinajstić information content (AvgIpc) is 3.05. The molecule has 0 unspecified atom stereocenters. The summed E-state index contributed by atoms with van der Waals surface area (Å²) in [5.41, 5.74) is 1.25. The maximum absolute atomic E-state index is 13.2. The zero-order chi connectivity index (χ0) is 14.1. The molecule has 20 heavy (non-hydrogen) atoms. The summed E-state index contributed by atoms with van der Waals surface area (Å²) in [6.07, 6.45) is 2.15. The first kappa shape index (κ1) is 13.1. The van der Waals surface area contributed by atoms with Crippen LogP contribution in [0.15, 0.2) is 24.3 Å². The van der Waals surface area contributed by atoms with Gasteiger partial charge in [0.2, 0.25) is 0 Å². The van der Waals surface area contributed by atoms with Crippen molar-refractivity contribution in [3.63, 3.8) is 0 Å². The van der Waals surface area contributed by atoms with Crippen LogP contribution in [-0.2, 0) is 11.8 Å². The predicted octanol–water partition coefficient (Wildman–Crippen LogP) is 2.23. The number of carbonyl (C=O) groups excluding carboxylic acids is 1. The Balaban J connectivity index is 1.78. The molecule has 2 heterocycles. The first-order valence-corrected chi connectivity index (χ1v) is 6.80. The van der Waals surface area contributed by atoms with Gasteiger partial charge < -0.3 is 14.6 Å². The van der Waals surface area contributed by atoms with Gasteiger partial charge in [0.1, 0.15) is 11.5 Å². The first-order valence-electron chi connectivity index (χ1n) is 6.80. The minimum absolute atomic E-state index is 0.117. The van der Waals surface area contributed by atoms with Crippen molar-refractivity contribution in [3.05, 3.63) is 35.8 Å². The molecular formula is C15H17FN2O2. The Bertz CT molecular complexity index is 645. The number of nitrogens with one attached hydrogen (secondary N) is 1. The number of hydrogen-bond donors (Lipinski definition) is 1. The third kappa shape index (κ3) is 2.41. The summed E-state index contributed by atoms with van der Waals surface area (Å²) >= 11 is 0. The minimum Gasteiger partial charge on any atom is -0.376 e. The molecule has 1 amide bonds. The van der Waals surface area contributed by atoms with E-state index in [1.165, 1.54) is 12.1 Å². The minimum atomic E-state index is -0.301. The highest BCUT2D eigenvalue weighted by Crippen LogP contribution is 2.20. The van der Waals surface area contributed by atoms with Gasteiger partial charge in [-0.3, -0.25) is 4.79 Å². The number of benzene rings is 1. The Morgan fingerprint density at radius 3 is 3.10 bits per heavy atom. The lowest BCUT2D eigenvalue weighted by Gasteiger charge is -2.11. The zero-order valence-corrected chi connectivity index (χ0v) is 11.4. The van der Waals surface area contributed by atoms with Crippen LogP contribution in [0, 0.1) is 5.82 Å². The number of carbonyl (C=O) groups is 1. The van der Waals surface area contributed by atoms with Gasteiger partial charge in [0.15, 0.2) is 0 Å².